The topological polar surface area (TPSA) is 37.3 Å². The van der Waals surface area contributed by atoms with Gasteiger partial charge >= 0.3 is 6.03 Å². The summed E-state index contributed by atoms with van der Waals surface area (Å²) in [5.41, 5.74) is 2.12. The van der Waals surface area contributed by atoms with E-state index in [2.05, 4.69) is 11.4 Å². The molecule has 2 aromatic heterocycles. The summed E-state index contributed by atoms with van der Waals surface area (Å²) in [6, 6.07) is 15.5. The van der Waals surface area contributed by atoms with Crippen LogP contribution in [-0.4, -0.2) is 15.5 Å². The fourth-order valence-corrected chi connectivity index (χ4v) is 3.38. The normalized spacial score (nSPS) is 10.6. The van der Waals surface area contributed by atoms with Crippen LogP contribution in [0.5, 0.6) is 0 Å². The molecular weight excluding hydrogens is 354 g/mol. The minimum atomic E-state index is -0.0791. The number of hydrogen-bond donors (Lipinski definition) is 1. The maximum Gasteiger partial charge on any atom is 0.318 e. The first-order chi connectivity index (χ1) is 12.1. The van der Waals surface area contributed by atoms with Gasteiger partial charge in [0.1, 0.15) is 0 Å². The van der Waals surface area contributed by atoms with Crippen LogP contribution in [0.25, 0.3) is 0 Å². The summed E-state index contributed by atoms with van der Waals surface area (Å²) in [6.45, 7) is 1.63. The van der Waals surface area contributed by atoms with E-state index in [4.69, 9.17) is 11.6 Å². The number of nitrogens with one attached hydrogen (secondary N) is 1. The zero-order chi connectivity index (χ0) is 17.6. The van der Waals surface area contributed by atoms with Gasteiger partial charge in [-0.3, -0.25) is 0 Å². The Labute approximate surface area is 156 Å². The molecule has 0 saturated carbocycles. The number of carbonyl (C=O) groups excluding carboxylic acids is 1. The Hall–Kier alpha value is -2.24. The Kier molecular flexibility index (Phi) is 5.79. The van der Waals surface area contributed by atoms with Gasteiger partial charge in [-0.25, -0.2) is 4.79 Å². The van der Waals surface area contributed by atoms with Crippen LogP contribution in [0.1, 0.15) is 16.1 Å². The number of thiophene rings is 1. The maximum atomic E-state index is 12.7. The Balaban J connectivity index is 1.67. The van der Waals surface area contributed by atoms with Crippen molar-refractivity contribution in [2.75, 3.05) is 0 Å². The van der Waals surface area contributed by atoms with Crippen molar-refractivity contribution in [3.8, 4) is 0 Å². The molecule has 4 nitrogen and oxygen atoms in total. The molecule has 2 amide bonds. The average molecular weight is 374 g/mol. The SMILES string of the molecule is Cn1cccc1CN(Cc1cccs1)C(=O)NCc1ccc(Cl)cc1. The molecule has 0 aliphatic carbocycles. The van der Waals surface area contributed by atoms with E-state index in [-0.39, 0.29) is 6.03 Å². The predicted molar refractivity (Wildman–Crippen MR) is 103 cm³/mol. The molecule has 0 fully saturated rings. The molecule has 0 bridgehead atoms. The summed E-state index contributed by atoms with van der Waals surface area (Å²) in [6.07, 6.45) is 1.99. The van der Waals surface area contributed by atoms with Crippen molar-refractivity contribution in [3.05, 3.63) is 81.3 Å². The largest absolute Gasteiger partial charge is 0.353 e. The lowest BCUT2D eigenvalue weighted by Crippen LogP contribution is -2.39. The highest BCUT2D eigenvalue weighted by atomic mass is 35.5. The molecule has 0 aliphatic heterocycles. The first-order valence-electron chi connectivity index (χ1n) is 8.01. The van der Waals surface area contributed by atoms with Crippen LogP contribution < -0.4 is 5.32 Å². The molecule has 1 aromatic carbocycles. The zero-order valence-corrected chi connectivity index (χ0v) is 15.6. The zero-order valence-electron chi connectivity index (χ0n) is 14.0. The number of aromatic nitrogens is 1. The number of urea groups is 1. The minimum absolute atomic E-state index is 0.0791. The van der Waals surface area contributed by atoms with Gasteiger partial charge in [-0.1, -0.05) is 29.8 Å². The lowest BCUT2D eigenvalue weighted by atomic mass is 10.2. The van der Waals surface area contributed by atoms with Gasteiger partial charge in [-0.2, -0.15) is 0 Å². The maximum absolute atomic E-state index is 12.7. The summed E-state index contributed by atoms with van der Waals surface area (Å²) in [4.78, 5) is 15.7. The third-order valence-electron chi connectivity index (χ3n) is 3.98. The van der Waals surface area contributed by atoms with Crippen LogP contribution in [0.15, 0.2) is 60.1 Å². The molecule has 3 aromatic rings. The highest BCUT2D eigenvalue weighted by molar-refractivity contribution is 7.09. The number of amides is 2. The second-order valence-corrected chi connectivity index (χ2v) is 7.30. The van der Waals surface area contributed by atoms with Gasteiger partial charge in [0.05, 0.1) is 13.1 Å². The summed E-state index contributed by atoms with van der Waals surface area (Å²) in [5.74, 6) is 0. The van der Waals surface area contributed by atoms with E-state index in [0.29, 0.717) is 24.7 Å². The molecular formula is C19H20ClN3OS. The third kappa shape index (κ3) is 4.87. The predicted octanol–water partition coefficient (Wildman–Crippen LogP) is 4.65. The van der Waals surface area contributed by atoms with E-state index in [1.54, 1.807) is 11.3 Å². The summed E-state index contributed by atoms with van der Waals surface area (Å²) in [5, 5.41) is 5.72. The van der Waals surface area contributed by atoms with Gasteiger partial charge in [0.25, 0.3) is 0 Å². The molecule has 3 rings (SSSR count). The molecule has 0 saturated heterocycles. The van der Waals surface area contributed by atoms with Crippen molar-refractivity contribution in [1.82, 2.24) is 14.8 Å². The molecule has 6 heteroatoms. The van der Waals surface area contributed by atoms with Crippen molar-refractivity contribution < 1.29 is 4.79 Å². The van der Waals surface area contributed by atoms with Gasteiger partial charge in [0, 0.05) is 35.4 Å². The number of hydrogen-bond acceptors (Lipinski definition) is 2. The number of benzene rings is 1. The van der Waals surface area contributed by atoms with E-state index in [1.807, 2.05) is 70.6 Å². The average Bonchev–Trinajstić information content (AvgIpc) is 3.26. The van der Waals surface area contributed by atoms with Crippen LogP contribution in [0.4, 0.5) is 4.79 Å². The van der Waals surface area contributed by atoms with E-state index in [0.717, 1.165) is 16.1 Å². The first-order valence-corrected chi connectivity index (χ1v) is 9.27. The number of aryl methyl sites for hydroxylation is 1. The fourth-order valence-electron chi connectivity index (χ4n) is 2.54. The van der Waals surface area contributed by atoms with E-state index in [9.17, 15) is 4.79 Å². The van der Waals surface area contributed by atoms with Gasteiger partial charge < -0.3 is 14.8 Å². The lowest BCUT2D eigenvalue weighted by Gasteiger charge is -2.23. The first kappa shape index (κ1) is 17.6. The molecule has 0 unspecified atom stereocenters. The quantitative estimate of drug-likeness (QED) is 0.670. The van der Waals surface area contributed by atoms with Crippen molar-refractivity contribution in [2.24, 2.45) is 7.05 Å². The molecule has 130 valence electrons. The fraction of sp³-hybridized carbons (Fsp3) is 0.211. The number of rotatable bonds is 6. The molecule has 0 aliphatic rings. The number of nitrogens with zero attached hydrogens (tertiary/aromatic N) is 2. The Morgan fingerprint density at radius 2 is 1.96 bits per heavy atom. The lowest BCUT2D eigenvalue weighted by molar-refractivity contribution is 0.191. The van der Waals surface area contributed by atoms with Crippen molar-refractivity contribution in [1.29, 1.82) is 0 Å². The standard InChI is InChI=1S/C19H20ClN3OS/c1-22-10-2-4-17(22)13-23(14-18-5-3-11-25-18)19(24)21-12-15-6-8-16(20)9-7-15/h2-11H,12-14H2,1H3,(H,21,24). The van der Waals surface area contributed by atoms with Gasteiger partial charge in [0.2, 0.25) is 0 Å². The second-order valence-electron chi connectivity index (χ2n) is 5.83. The summed E-state index contributed by atoms with van der Waals surface area (Å²) in [7, 11) is 1.99. The minimum Gasteiger partial charge on any atom is -0.353 e. The van der Waals surface area contributed by atoms with Crippen LogP contribution in [0.2, 0.25) is 5.02 Å². The summed E-state index contributed by atoms with van der Waals surface area (Å²) >= 11 is 7.56. The Morgan fingerprint density at radius 3 is 2.60 bits per heavy atom. The highest BCUT2D eigenvalue weighted by Crippen LogP contribution is 2.15. The van der Waals surface area contributed by atoms with Gasteiger partial charge in [-0.05, 0) is 41.3 Å². The second kappa shape index (κ2) is 8.23. The molecule has 0 spiro atoms. The van der Waals surface area contributed by atoms with Crippen LogP contribution in [0, 0.1) is 0 Å². The van der Waals surface area contributed by atoms with Gasteiger partial charge in [0.15, 0.2) is 0 Å². The number of carbonyl (C=O) groups is 1. The molecule has 25 heavy (non-hydrogen) atoms. The van der Waals surface area contributed by atoms with Gasteiger partial charge in [-0.15, -0.1) is 11.3 Å². The molecule has 0 radical (unpaired) electrons. The van der Waals surface area contributed by atoms with Crippen LogP contribution in [-0.2, 0) is 26.7 Å². The van der Waals surface area contributed by atoms with E-state index in [1.165, 1.54) is 0 Å². The van der Waals surface area contributed by atoms with Crippen LogP contribution in [0.3, 0.4) is 0 Å². The highest BCUT2D eigenvalue weighted by Gasteiger charge is 2.16. The molecule has 2 heterocycles. The Morgan fingerprint density at radius 1 is 1.16 bits per heavy atom. The van der Waals surface area contributed by atoms with E-state index >= 15 is 0 Å². The van der Waals surface area contributed by atoms with E-state index < -0.39 is 0 Å². The Bertz CT molecular complexity index is 812. The summed E-state index contributed by atoms with van der Waals surface area (Å²) < 4.78 is 2.04. The van der Waals surface area contributed by atoms with Crippen molar-refractivity contribution in [3.63, 3.8) is 0 Å². The molecule has 1 N–H and O–H groups in total. The smallest absolute Gasteiger partial charge is 0.318 e. The monoisotopic (exact) mass is 373 g/mol. The molecule has 0 atom stereocenters. The third-order valence-corrected chi connectivity index (χ3v) is 5.09. The van der Waals surface area contributed by atoms with Crippen molar-refractivity contribution >= 4 is 29.0 Å². The van der Waals surface area contributed by atoms with Crippen LogP contribution >= 0.6 is 22.9 Å². The van der Waals surface area contributed by atoms with Crippen molar-refractivity contribution in [2.45, 2.75) is 19.6 Å². The number of halogens is 1.